The summed E-state index contributed by atoms with van der Waals surface area (Å²) in [5.41, 5.74) is 6.69. The number of aromatic nitrogens is 2. The van der Waals surface area contributed by atoms with E-state index in [4.69, 9.17) is 4.99 Å². The molecular formula is C26H34N6O. The molecule has 3 aromatic rings. The van der Waals surface area contributed by atoms with Crippen LogP contribution in [0.25, 0.3) is 0 Å². The Balaban J connectivity index is 1.87. The Hall–Kier alpha value is -3.61. The first-order valence-corrected chi connectivity index (χ1v) is 11.1. The first-order chi connectivity index (χ1) is 15.7. The molecule has 0 saturated heterocycles. The molecule has 3 rings (SSSR count). The van der Waals surface area contributed by atoms with Crippen molar-refractivity contribution >= 4 is 23.2 Å². The molecule has 7 heteroatoms. The SMILES string of the molecule is Cc1nn(C)c(C)c1CN=C(NC(=O)c1cccc(N(C)C)c1)Nc1ccc(C(C)C)cc1. The number of hydrogen-bond donors (Lipinski definition) is 2. The number of benzene rings is 2. The van der Waals surface area contributed by atoms with Gasteiger partial charge in [-0.2, -0.15) is 5.10 Å². The number of guanidine groups is 1. The standard InChI is InChI=1S/C26H34N6O/c1-17(2)20-11-13-22(14-12-20)28-26(27-16-24-18(3)30-32(7)19(24)4)29-25(33)21-9-8-10-23(15-21)31(5)6/h8-15,17H,16H2,1-7H3,(H2,27,28,29,33). The van der Waals surface area contributed by atoms with Gasteiger partial charge in [0.1, 0.15) is 0 Å². The Morgan fingerprint density at radius 3 is 2.39 bits per heavy atom. The number of carbonyl (C=O) groups is 1. The minimum Gasteiger partial charge on any atom is -0.378 e. The van der Waals surface area contributed by atoms with Gasteiger partial charge >= 0.3 is 0 Å². The molecule has 0 aliphatic heterocycles. The maximum atomic E-state index is 13.0. The van der Waals surface area contributed by atoms with Crippen LogP contribution in [0.3, 0.4) is 0 Å². The maximum absolute atomic E-state index is 13.0. The summed E-state index contributed by atoms with van der Waals surface area (Å²) in [5, 5.41) is 10.7. The van der Waals surface area contributed by atoms with Crippen molar-refractivity contribution in [3.8, 4) is 0 Å². The molecule has 0 fully saturated rings. The van der Waals surface area contributed by atoms with Crippen LogP contribution in [0.1, 0.15) is 52.6 Å². The molecule has 0 radical (unpaired) electrons. The second-order valence-electron chi connectivity index (χ2n) is 8.74. The summed E-state index contributed by atoms with van der Waals surface area (Å²) >= 11 is 0. The Kier molecular flexibility index (Phi) is 7.53. The fourth-order valence-corrected chi connectivity index (χ4v) is 3.51. The number of aliphatic imine (C=N–C) groups is 1. The van der Waals surface area contributed by atoms with Gasteiger partial charge < -0.3 is 10.2 Å². The van der Waals surface area contributed by atoms with Crippen LogP contribution in [0.4, 0.5) is 11.4 Å². The summed E-state index contributed by atoms with van der Waals surface area (Å²) in [6.07, 6.45) is 0. The number of carbonyl (C=O) groups excluding carboxylic acids is 1. The lowest BCUT2D eigenvalue weighted by Crippen LogP contribution is -2.36. The molecule has 0 unspecified atom stereocenters. The Morgan fingerprint density at radius 2 is 1.82 bits per heavy atom. The van der Waals surface area contributed by atoms with Gasteiger partial charge in [0.05, 0.1) is 12.2 Å². The fraction of sp³-hybridized carbons (Fsp3) is 0.346. The van der Waals surface area contributed by atoms with E-state index >= 15 is 0 Å². The highest BCUT2D eigenvalue weighted by atomic mass is 16.1. The second kappa shape index (κ2) is 10.3. The van der Waals surface area contributed by atoms with Crippen LogP contribution in [-0.2, 0) is 13.6 Å². The normalized spacial score (nSPS) is 11.6. The molecular weight excluding hydrogens is 412 g/mol. The van der Waals surface area contributed by atoms with Crippen molar-refractivity contribution in [2.75, 3.05) is 24.3 Å². The fourth-order valence-electron chi connectivity index (χ4n) is 3.51. The van der Waals surface area contributed by atoms with Crippen LogP contribution in [0.15, 0.2) is 53.5 Å². The molecule has 0 atom stereocenters. The molecule has 7 nitrogen and oxygen atoms in total. The van der Waals surface area contributed by atoms with Crippen molar-refractivity contribution in [3.63, 3.8) is 0 Å². The topological polar surface area (TPSA) is 74.5 Å². The third kappa shape index (κ3) is 6.00. The van der Waals surface area contributed by atoms with Crippen molar-refractivity contribution in [2.24, 2.45) is 12.0 Å². The van der Waals surface area contributed by atoms with Crippen molar-refractivity contribution in [1.82, 2.24) is 15.1 Å². The van der Waals surface area contributed by atoms with Crippen molar-refractivity contribution in [3.05, 3.63) is 76.6 Å². The van der Waals surface area contributed by atoms with Gasteiger partial charge in [0, 0.05) is 49.3 Å². The lowest BCUT2D eigenvalue weighted by atomic mass is 10.0. The third-order valence-electron chi connectivity index (χ3n) is 5.75. The van der Waals surface area contributed by atoms with E-state index in [1.807, 2.05) is 74.9 Å². The molecule has 0 aliphatic carbocycles. The zero-order valence-electron chi connectivity index (χ0n) is 20.6. The Bertz CT molecular complexity index is 1140. The summed E-state index contributed by atoms with van der Waals surface area (Å²) < 4.78 is 1.85. The number of aryl methyl sites for hydroxylation is 2. The molecule has 0 saturated carbocycles. The minimum atomic E-state index is -0.219. The highest BCUT2D eigenvalue weighted by molar-refractivity contribution is 6.10. The average molecular weight is 447 g/mol. The van der Waals surface area contributed by atoms with E-state index in [9.17, 15) is 4.79 Å². The lowest BCUT2D eigenvalue weighted by Gasteiger charge is -2.15. The van der Waals surface area contributed by atoms with Gasteiger partial charge in [-0.3, -0.25) is 14.8 Å². The van der Waals surface area contributed by atoms with E-state index < -0.39 is 0 Å². The highest BCUT2D eigenvalue weighted by Crippen LogP contribution is 2.18. The van der Waals surface area contributed by atoms with Crippen LogP contribution in [0.2, 0.25) is 0 Å². The zero-order chi connectivity index (χ0) is 24.1. The summed E-state index contributed by atoms with van der Waals surface area (Å²) in [7, 11) is 5.82. The van der Waals surface area contributed by atoms with Crippen LogP contribution in [0, 0.1) is 13.8 Å². The first kappa shape index (κ1) is 24.0. The van der Waals surface area contributed by atoms with E-state index in [0.717, 1.165) is 28.3 Å². The van der Waals surface area contributed by atoms with E-state index in [1.54, 1.807) is 6.07 Å². The largest absolute Gasteiger partial charge is 0.378 e. The van der Waals surface area contributed by atoms with Crippen LogP contribution >= 0.6 is 0 Å². The number of nitrogens with one attached hydrogen (secondary N) is 2. The molecule has 0 spiro atoms. The average Bonchev–Trinajstić information content (AvgIpc) is 3.03. The summed E-state index contributed by atoms with van der Waals surface area (Å²) in [5.74, 6) is 0.631. The monoisotopic (exact) mass is 446 g/mol. The molecule has 1 aromatic heterocycles. The molecule has 2 N–H and O–H groups in total. The third-order valence-corrected chi connectivity index (χ3v) is 5.75. The van der Waals surface area contributed by atoms with E-state index in [0.29, 0.717) is 24.0 Å². The van der Waals surface area contributed by atoms with Gasteiger partial charge in [0.2, 0.25) is 5.96 Å². The minimum absolute atomic E-state index is 0.219. The number of amides is 1. The van der Waals surface area contributed by atoms with E-state index in [2.05, 4.69) is 41.7 Å². The zero-order valence-corrected chi connectivity index (χ0v) is 20.6. The number of rotatable bonds is 6. The van der Waals surface area contributed by atoms with Crippen LogP contribution < -0.4 is 15.5 Å². The number of anilines is 2. The van der Waals surface area contributed by atoms with Crippen molar-refractivity contribution in [2.45, 2.75) is 40.2 Å². The van der Waals surface area contributed by atoms with Gasteiger partial charge in [-0.1, -0.05) is 32.0 Å². The predicted octanol–water partition coefficient (Wildman–Crippen LogP) is 4.62. The van der Waals surface area contributed by atoms with E-state index in [1.165, 1.54) is 5.56 Å². The maximum Gasteiger partial charge on any atom is 0.258 e. The van der Waals surface area contributed by atoms with Gasteiger partial charge in [-0.15, -0.1) is 0 Å². The number of hydrogen-bond acceptors (Lipinski definition) is 4. The van der Waals surface area contributed by atoms with Gasteiger partial charge in [0.25, 0.3) is 5.91 Å². The van der Waals surface area contributed by atoms with Gasteiger partial charge in [0.15, 0.2) is 0 Å². The summed E-state index contributed by atoms with van der Waals surface area (Å²) in [4.78, 5) is 19.7. The highest BCUT2D eigenvalue weighted by Gasteiger charge is 2.13. The lowest BCUT2D eigenvalue weighted by molar-refractivity contribution is 0.0977. The Labute approximate surface area is 196 Å². The molecule has 33 heavy (non-hydrogen) atoms. The Morgan fingerprint density at radius 1 is 1.12 bits per heavy atom. The van der Waals surface area contributed by atoms with Crippen LogP contribution in [-0.4, -0.2) is 35.7 Å². The first-order valence-electron chi connectivity index (χ1n) is 11.1. The van der Waals surface area contributed by atoms with Crippen molar-refractivity contribution in [1.29, 1.82) is 0 Å². The molecule has 174 valence electrons. The molecule has 0 aliphatic rings. The van der Waals surface area contributed by atoms with E-state index in [-0.39, 0.29) is 5.91 Å². The molecule has 1 heterocycles. The summed E-state index contributed by atoms with van der Waals surface area (Å²) in [6, 6.07) is 15.7. The quantitative estimate of drug-likeness (QED) is 0.428. The number of nitrogens with zero attached hydrogens (tertiary/aromatic N) is 4. The van der Waals surface area contributed by atoms with Crippen LogP contribution in [0.5, 0.6) is 0 Å². The second-order valence-corrected chi connectivity index (χ2v) is 8.74. The summed E-state index contributed by atoms with van der Waals surface area (Å²) in [6.45, 7) is 8.73. The molecule has 0 bridgehead atoms. The smallest absolute Gasteiger partial charge is 0.258 e. The predicted molar refractivity (Wildman–Crippen MR) is 136 cm³/mol. The molecule has 1 amide bonds. The van der Waals surface area contributed by atoms with Gasteiger partial charge in [-0.05, 0) is 55.7 Å². The molecule has 2 aromatic carbocycles. The van der Waals surface area contributed by atoms with Crippen molar-refractivity contribution < 1.29 is 4.79 Å². The van der Waals surface area contributed by atoms with Gasteiger partial charge in [-0.25, -0.2) is 4.99 Å².